The molecule has 0 unspecified atom stereocenters. The molecular formula is C46H28O. The molecule has 1 aromatic heterocycles. The monoisotopic (exact) mass is 596 g/mol. The van der Waals surface area contributed by atoms with Gasteiger partial charge in [-0.3, -0.25) is 0 Å². The van der Waals surface area contributed by atoms with Crippen LogP contribution in [0.5, 0.6) is 0 Å². The van der Waals surface area contributed by atoms with Crippen LogP contribution in [0.1, 0.15) is 0 Å². The summed E-state index contributed by atoms with van der Waals surface area (Å²) in [6.07, 6.45) is 0. The van der Waals surface area contributed by atoms with Crippen molar-refractivity contribution >= 4 is 65.0 Å². The minimum absolute atomic E-state index is 0.900. The maximum atomic E-state index is 6.72. The average Bonchev–Trinajstić information content (AvgIpc) is 3.51. The van der Waals surface area contributed by atoms with E-state index in [1.54, 1.807) is 0 Å². The van der Waals surface area contributed by atoms with Crippen LogP contribution in [0.15, 0.2) is 174 Å². The molecule has 0 bridgehead atoms. The van der Waals surface area contributed by atoms with E-state index in [0.717, 1.165) is 27.5 Å². The summed E-state index contributed by atoms with van der Waals surface area (Å²) >= 11 is 0. The van der Waals surface area contributed by atoms with Gasteiger partial charge in [0.25, 0.3) is 0 Å². The number of rotatable bonds is 3. The average molecular weight is 597 g/mol. The molecular weight excluding hydrogens is 569 g/mol. The Balaban J connectivity index is 1.27. The van der Waals surface area contributed by atoms with Crippen molar-refractivity contribution in [3.05, 3.63) is 170 Å². The topological polar surface area (TPSA) is 13.1 Å². The summed E-state index contributed by atoms with van der Waals surface area (Å²) in [5, 5.41) is 12.2. The Morgan fingerprint density at radius 1 is 0.298 bits per heavy atom. The van der Waals surface area contributed by atoms with Crippen LogP contribution in [-0.2, 0) is 0 Å². The molecule has 1 heteroatoms. The van der Waals surface area contributed by atoms with Crippen molar-refractivity contribution in [3.63, 3.8) is 0 Å². The number of furan rings is 1. The fourth-order valence-electron chi connectivity index (χ4n) is 7.85. The van der Waals surface area contributed by atoms with Crippen LogP contribution in [0.3, 0.4) is 0 Å². The second-order valence-electron chi connectivity index (χ2n) is 12.4. The number of hydrogen-bond acceptors (Lipinski definition) is 1. The summed E-state index contributed by atoms with van der Waals surface area (Å²) in [5.74, 6) is 0. The van der Waals surface area contributed by atoms with E-state index in [0.29, 0.717) is 0 Å². The van der Waals surface area contributed by atoms with Gasteiger partial charge in [0.1, 0.15) is 11.2 Å². The van der Waals surface area contributed by atoms with Gasteiger partial charge in [0.15, 0.2) is 0 Å². The zero-order valence-electron chi connectivity index (χ0n) is 25.6. The van der Waals surface area contributed by atoms with Crippen molar-refractivity contribution < 1.29 is 4.42 Å². The minimum atomic E-state index is 0.900. The third-order valence-corrected chi connectivity index (χ3v) is 9.82. The predicted octanol–water partition coefficient (Wildman–Crippen LogP) is 13.2. The SMILES string of the molecule is c1ccc(-c2c3ccccc3c(-c3cccc4oc5cc(-c6c7ccccc7cc7ccccc67)ccc5c34)c3ccccc23)cc1. The predicted molar refractivity (Wildman–Crippen MR) is 200 cm³/mol. The van der Waals surface area contributed by atoms with Gasteiger partial charge in [-0.1, -0.05) is 146 Å². The molecule has 10 aromatic rings. The van der Waals surface area contributed by atoms with Gasteiger partial charge in [0.05, 0.1) is 0 Å². The van der Waals surface area contributed by atoms with Crippen molar-refractivity contribution in [1.82, 2.24) is 0 Å². The van der Waals surface area contributed by atoms with Gasteiger partial charge < -0.3 is 4.42 Å². The normalized spacial score (nSPS) is 11.8. The number of fused-ring (bicyclic) bond motifs is 7. The molecule has 0 aliphatic carbocycles. The fraction of sp³-hybridized carbons (Fsp3) is 0. The summed E-state index contributed by atoms with van der Waals surface area (Å²) in [5.41, 5.74) is 9.15. The van der Waals surface area contributed by atoms with E-state index in [1.165, 1.54) is 70.9 Å². The number of hydrogen-bond donors (Lipinski definition) is 0. The lowest BCUT2D eigenvalue weighted by atomic mass is 9.85. The molecule has 0 fully saturated rings. The zero-order chi connectivity index (χ0) is 30.9. The number of benzene rings is 9. The molecule has 0 saturated carbocycles. The second kappa shape index (κ2) is 10.2. The Hall–Kier alpha value is -6.18. The van der Waals surface area contributed by atoms with E-state index in [-0.39, 0.29) is 0 Å². The van der Waals surface area contributed by atoms with Crippen LogP contribution in [-0.4, -0.2) is 0 Å². The molecule has 9 aromatic carbocycles. The van der Waals surface area contributed by atoms with E-state index in [4.69, 9.17) is 4.42 Å². The maximum absolute atomic E-state index is 6.72. The van der Waals surface area contributed by atoms with Crippen LogP contribution in [0.25, 0.3) is 98.4 Å². The molecule has 0 atom stereocenters. The first-order chi connectivity index (χ1) is 23.3. The molecule has 1 nitrogen and oxygen atoms in total. The highest BCUT2D eigenvalue weighted by Crippen LogP contribution is 2.47. The molecule has 0 aliphatic rings. The molecule has 0 saturated heterocycles. The molecule has 0 amide bonds. The lowest BCUT2D eigenvalue weighted by molar-refractivity contribution is 0.669. The quantitative estimate of drug-likeness (QED) is 0.185. The summed E-state index contributed by atoms with van der Waals surface area (Å²) in [4.78, 5) is 0. The lowest BCUT2D eigenvalue weighted by Crippen LogP contribution is -1.91. The molecule has 0 N–H and O–H groups in total. The first-order valence-corrected chi connectivity index (χ1v) is 16.2. The highest BCUT2D eigenvalue weighted by molar-refractivity contribution is 6.26. The molecule has 47 heavy (non-hydrogen) atoms. The highest BCUT2D eigenvalue weighted by Gasteiger charge is 2.20. The van der Waals surface area contributed by atoms with Gasteiger partial charge >= 0.3 is 0 Å². The van der Waals surface area contributed by atoms with Crippen LogP contribution in [0.2, 0.25) is 0 Å². The van der Waals surface area contributed by atoms with E-state index >= 15 is 0 Å². The third kappa shape index (κ3) is 3.90. The van der Waals surface area contributed by atoms with E-state index in [1.807, 2.05) is 0 Å². The lowest BCUT2D eigenvalue weighted by Gasteiger charge is -2.18. The Morgan fingerprint density at radius 3 is 1.47 bits per heavy atom. The van der Waals surface area contributed by atoms with Gasteiger partial charge in [-0.2, -0.15) is 0 Å². The Kier molecular flexibility index (Phi) is 5.64. The van der Waals surface area contributed by atoms with Crippen LogP contribution in [0.4, 0.5) is 0 Å². The van der Waals surface area contributed by atoms with Gasteiger partial charge in [-0.15, -0.1) is 0 Å². The van der Waals surface area contributed by atoms with Crippen LogP contribution in [0, 0.1) is 0 Å². The molecule has 0 spiro atoms. The van der Waals surface area contributed by atoms with Crippen LogP contribution >= 0.6 is 0 Å². The van der Waals surface area contributed by atoms with E-state index in [2.05, 4.69) is 170 Å². The van der Waals surface area contributed by atoms with Crippen molar-refractivity contribution in [2.45, 2.75) is 0 Å². The second-order valence-corrected chi connectivity index (χ2v) is 12.4. The Bertz CT molecular complexity index is 2730. The summed E-state index contributed by atoms with van der Waals surface area (Å²) < 4.78 is 6.72. The summed E-state index contributed by atoms with van der Waals surface area (Å²) in [6, 6.07) is 61.4. The molecule has 0 radical (unpaired) electrons. The van der Waals surface area contributed by atoms with Gasteiger partial charge in [0.2, 0.25) is 0 Å². The van der Waals surface area contributed by atoms with E-state index < -0.39 is 0 Å². The standard InChI is InChI=1S/C46H28O/c1-2-13-29(14-3-1)43-35-19-8-10-21-37(35)45(38-22-11-9-20-36(38)43)40-23-12-24-41-46(40)39-26-25-32(28-42(39)47-41)44-33-17-6-4-15-30(33)27-31-16-5-7-18-34(31)44/h1-28H. The maximum Gasteiger partial charge on any atom is 0.136 e. The third-order valence-electron chi connectivity index (χ3n) is 9.82. The smallest absolute Gasteiger partial charge is 0.136 e. The summed E-state index contributed by atoms with van der Waals surface area (Å²) in [7, 11) is 0. The van der Waals surface area contributed by atoms with Crippen molar-refractivity contribution in [2.75, 3.05) is 0 Å². The molecule has 0 aliphatic heterocycles. The Morgan fingerprint density at radius 2 is 0.830 bits per heavy atom. The van der Waals surface area contributed by atoms with Crippen molar-refractivity contribution in [3.8, 4) is 33.4 Å². The summed E-state index contributed by atoms with van der Waals surface area (Å²) in [6.45, 7) is 0. The minimum Gasteiger partial charge on any atom is -0.456 e. The van der Waals surface area contributed by atoms with Crippen LogP contribution < -0.4 is 0 Å². The van der Waals surface area contributed by atoms with E-state index in [9.17, 15) is 0 Å². The zero-order valence-corrected chi connectivity index (χ0v) is 25.6. The molecule has 218 valence electrons. The fourth-order valence-corrected chi connectivity index (χ4v) is 7.85. The Labute approximate surface area is 271 Å². The van der Waals surface area contributed by atoms with Gasteiger partial charge in [-0.25, -0.2) is 0 Å². The largest absolute Gasteiger partial charge is 0.456 e. The molecule has 10 rings (SSSR count). The van der Waals surface area contributed by atoms with Gasteiger partial charge in [-0.05, 0) is 101 Å². The molecule has 1 heterocycles. The van der Waals surface area contributed by atoms with Gasteiger partial charge in [0, 0.05) is 10.8 Å². The highest BCUT2D eigenvalue weighted by atomic mass is 16.3. The van der Waals surface area contributed by atoms with Crippen molar-refractivity contribution in [2.24, 2.45) is 0 Å². The first kappa shape index (κ1) is 26.1. The van der Waals surface area contributed by atoms with Crippen molar-refractivity contribution in [1.29, 1.82) is 0 Å². The first-order valence-electron chi connectivity index (χ1n) is 16.2.